The van der Waals surface area contributed by atoms with Gasteiger partial charge in [-0.2, -0.15) is 5.26 Å². The van der Waals surface area contributed by atoms with Gasteiger partial charge in [-0.15, -0.1) is 0 Å². The molecule has 4 N–H and O–H groups in total. The van der Waals surface area contributed by atoms with Gasteiger partial charge in [0.1, 0.15) is 0 Å². The van der Waals surface area contributed by atoms with Gasteiger partial charge >= 0.3 is 0 Å². The maximum absolute atomic E-state index is 12.9. The molecule has 0 radical (unpaired) electrons. The summed E-state index contributed by atoms with van der Waals surface area (Å²) >= 11 is 0. The molecule has 9 nitrogen and oxygen atoms in total. The molecule has 0 aromatic rings. The number of nitriles is 1. The largest absolute Gasteiger partial charge is 0.376 e. The summed E-state index contributed by atoms with van der Waals surface area (Å²) in [5.41, 5.74) is 0. The molecule has 4 aliphatic rings. The maximum atomic E-state index is 12.9. The van der Waals surface area contributed by atoms with Crippen LogP contribution >= 0.6 is 0 Å². The van der Waals surface area contributed by atoms with E-state index in [2.05, 4.69) is 46.1 Å². The highest BCUT2D eigenvalue weighted by atomic mass is 16.5. The molecule has 2 aliphatic carbocycles. The third kappa shape index (κ3) is 9.11. The second kappa shape index (κ2) is 16.0. The summed E-state index contributed by atoms with van der Waals surface area (Å²) < 4.78 is 12.6. The molecule has 2 saturated heterocycles. The topological polar surface area (TPSA) is 111 Å². The lowest BCUT2D eigenvalue weighted by Gasteiger charge is -2.50. The normalized spacial score (nSPS) is 39.6. The van der Waals surface area contributed by atoms with E-state index < -0.39 is 0 Å². The number of nitrogens with zero attached hydrogens (tertiary/aromatic N) is 2. The fourth-order valence-electron chi connectivity index (χ4n) is 7.89. The summed E-state index contributed by atoms with van der Waals surface area (Å²) in [6.07, 6.45) is 9.16. The first-order valence-corrected chi connectivity index (χ1v) is 16.6. The summed E-state index contributed by atoms with van der Waals surface area (Å²) in [5.74, 6) is 1.47. The zero-order chi connectivity index (χ0) is 29.4. The first kappa shape index (κ1) is 32.6. The lowest BCUT2D eigenvalue weighted by atomic mass is 9.69. The van der Waals surface area contributed by atoms with Crippen molar-refractivity contribution in [2.75, 3.05) is 46.9 Å². The van der Waals surface area contributed by atoms with Crippen LogP contribution in [0.4, 0.5) is 0 Å². The van der Waals surface area contributed by atoms with Gasteiger partial charge in [0.2, 0.25) is 5.91 Å². The van der Waals surface area contributed by atoms with Crippen LogP contribution in [-0.2, 0) is 14.3 Å². The van der Waals surface area contributed by atoms with E-state index in [0.29, 0.717) is 49.6 Å². The highest BCUT2D eigenvalue weighted by Gasteiger charge is 2.47. The smallest absolute Gasteiger partial charge is 0.220 e. The fourth-order valence-corrected chi connectivity index (χ4v) is 7.89. The molecule has 2 heterocycles. The Balaban J connectivity index is 1.34. The minimum atomic E-state index is -0.0838. The average molecular weight is 575 g/mol. The number of rotatable bonds is 12. The number of hydrogen-bond acceptors (Lipinski definition) is 8. The molecule has 1 amide bonds. The van der Waals surface area contributed by atoms with Crippen LogP contribution in [0.5, 0.6) is 0 Å². The first-order chi connectivity index (χ1) is 19.8. The SMILES string of the molecule is CCOC1CC2NCC(C#N)C(NC3CCC(OCC4NCCCC4C)C(C)C3)C2CC1NC(=O)CCCN(C)C. The van der Waals surface area contributed by atoms with E-state index in [0.717, 1.165) is 58.2 Å². The van der Waals surface area contributed by atoms with E-state index in [-0.39, 0.29) is 42.0 Å². The van der Waals surface area contributed by atoms with Gasteiger partial charge in [-0.3, -0.25) is 4.79 Å². The van der Waals surface area contributed by atoms with Crippen molar-refractivity contribution in [3.8, 4) is 6.07 Å². The molecule has 234 valence electrons. The summed E-state index contributed by atoms with van der Waals surface area (Å²) in [5, 5.41) is 24.8. The van der Waals surface area contributed by atoms with Crippen molar-refractivity contribution >= 4 is 5.91 Å². The predicted octanol–water partition coefficient (Wildman–Crippen LogP) is 2.66. The number of amides is 1. The van der Waals surface area contributed by atoms with Crippen LogP contribution in [0.15, 0.2) is 0 Å². The molecule has 2 aliphatic heterocycles. The monoisotopic (exact) mass is 574 g/mol. The van der Waals surface area contributed by atoms with Crippen molar-refractivity contribution in [3.05, 3.63) is 0 Å². The number of carbonyl (C=O) groups excluding carboxylic acids is 1. The van der Waals surface area contributed by atoms with Crippen LogP contribution in [0.25, 0.3) is 0 Å². The van der Waals surface area contributed by atoms with Crippen LogP contribution in [0.2, 0.25) is 0 Å². The van der Waals surface area contributed by atoms with Gasteiger partial charge in [-0.1, -0.05) is 13.8 Å². The Bertz CT molecular complexity index is 852. The third-order valence-corrected chi connectivity index (χ3v) is 10.3. The van der Waals surface area contributed by atoms with Crippen molar-refractivity contribution in [2.24, 2.45) is 23.7 Å². The van der Waals surface area contributed by atoms with Crippen molar-refractivity contribution in [3.63, 3.8) is 0 Å². The number of piperidine rings is 2. The molecular formula is C32H58N6O3. The van der Waals surface area contributed by atoms with Crippen LogP contribution in [0, 0.1) is 35.0 Å². The number of fused-ring (bicyclic) bond motifs is 1. The molecule has 11 atom stereocenters. The van der Waals surface area contributed by atoms with Gasteiger partial charge in [0.05, 0.1) is 36.8 Å². The quantitative estimate of drug-likeness (QED) is 0.282. The van der Waals surface area contributed by atoms with Crippen LogP contribution in [-0.4, -0.2) is 100 Å². The molecule has 0 bridgehead atoms. The molecule has 2 saturated carbocycles. The lowest BCUT2D eigenvalue weighted by Crippen LogP contribution is -2.66. The zero-order valence-corrected chi connectivity index (χ0v) is 26.4. The van der Waals surface area contributed by atoms with Gasteiger partial charge < -0.3 is 35.6 Å². The van der Waals surface area contributed by atoms with Crippen molar-refractivity contribution < 1.29 is 14.3 Å². The molecule has 0 aromatic carbocycles. The summed E-state index contributed by atoms with van der Waals surface area (Å²) in [7, 11) is 4.07. The Morgan fingerprint density at radius 1 is 1.05 bits per heavy atom. The van der Waals surface area contributed by atoms with E-state index >= 15 is 0 Å². The highest BCUT2D eigenvalue weighted by Crippen LogP contribution is 2.37. The minimum absolute atomic E-state index is 0.000170. The minimum Gasteiger partial charge on any atom is -0.376 e. The summed E-state index contributed by atoms with van der Waals surface area (Å²) in [4.78, 5) is 15.0. The van der Waals surface area contributed by atoms with Crippen molar-refractivity contribution in [2.45, 2.75) is 121 Å². The highest BCUT2D eigenvalue weighted by molar-refractivity contribution is 5.76. The van der Waals surface area contributed by atoms with Crippen LogP contribution in [0.1, 0.15) is 78.6 Å². The van der Waals surface area contributed by atoms with E-state index in [1.807, 2.05) is 21.0 Å². The van der Waals surface area contributed by atoms with Gasteiger partial charge in [0.25, 0.3) is 0 Å². The number of hydrogen-bond donors (Lipinski definition) is 4. The first-order valence-electron chi connectivity index (χ1n) is 16.6. The number of ether oxygens (including phenoxy) is 2. The van der Waals surface area contributed by atoms with Gasteiger partial charge in [0.15, 0.2) is 0 Å². The van der Waals surface area contributed by atoms with E-state index in [1.165, 1.54) is 12.8 Å². The Labute approximate surface area is 249 Å². The van der Waals surface area contributed by atoms with E-state index in [1.54, 1.807) is 0 Å². The molecule has 41 heavy (non-hydrogen) atoms. The number of nitrogens with one attached hydrogen (secondary N) is 4. The summed E-state index contributed by atoms with van der Waals surface area (Å²) in [6, 6.07) is 3.85. The number of carbonyl (C=O) groups is 1. The lowest BCUT2D eigenvalue weighted by molar-refractivity contribution is -0.124. The fraction of sp³-hybridized carbons (Fsp3) is 0.938. The Morgan fingerprint density at radius 2 is 1.88 bits per heavy atom. The van der Waals surface area contributed by atoms with Gasteiger partial charge in [0, 0.05) is 43.7 Å². The van der Waals surface area contributed by atoms with E-state index in [9.17, 15) is 10.1 Å². The second-order valence-corrected chi connectivity index (χ2v) is 13.7. The maximum Gasteiger partial charge on any atom is 0.220 e. The third-order valence-electron chi connectivity index (χ3n) is 10.3. The second-order valence-electron chi connectivity index (χ2n) is 13.7. The standard InChI is InChI=1S/C32H58N6O3/c1-6-40-30-17-26-25(16-27(30)37-31(39)10-8-14-38(4)5)32(23(18-33)19-35-26)36-24-11-12-29(22(3)15-24)41-20-28-21(2)9-7-13-34-28/h21-30,32,34-36H,6-17,19-20H2,1-5H3,(H,37,39). The van der Waals surface area contributed by atoms with Crippen molar-refractivity contribution in [1.82, 2.24) is 26.2 Å². The van der Waals surface area contributed by atoms with Crippen LogP contribution in [0.3, 0.4) is 0 Å². The van der Waals surface area contributed by atoms with Gasteiger partial charge in [-0.05, 0) is 103 Å². The molecule has 0 spiro atoms. The van der Waals surface area contributed by atoms with Crippen LogP contribution < -0.4 is 21.3 Å². The molecule has 11 unspecified atom stereocenters. The molecule has 4 fully saturated rings. The van der Waals surface area contributed by atoms with Gasteiger partial charge in [-0.25, -0.2) is 0 Å². The average Bonchev–Trinajstić information content (AvgIpc) is 2.94. The van der Waals surface area contributed by atoms with Crippen molar-refractivity contribution in [1.29, 1.82) is 5.26 Å². The molecular weight excluding hydrogens is 516 g/mol. The predicted molar refractivity (Wildman–Crippen MR) is 162 cm³/mol. The molecule has 9 heteroatoms. The molecule has 4 rings (SSSR count). The Morgan fingerprint density at radius 3 is 2.59 bits per heavy atom. The molecule has 0 aromatic heterocycles. The Hall–Kier alpha value is -1.28. The Kier molecular flexibility index (Phi) is 12.7. The zero-order valence-electron chi connectivity index (χ0n) is 26.4. The van der Waals surface area contributed by atoms with E-state index in [4.69, 9.17) is 9.47 Å². The summed E-state index contributed by atoms with van der Waals surface area (Å²) in [6.45, 7) is 10.9.